The van der Waals surface area contributed by atoms with Crippen LogP contribution in [0.3, 0.4) is 0 Å². The molecule has 0 unspecified atom stereocenters. The van der Waals surface area contributed by atoms with E-state index in [4.69, 9.17) is 4.74 Å². The fourth-order valence-corrected chi connectivity index (χ4v) is 3.69. The molecule has 1 atom stereocenters. The van der Waals surface area contributed by atoms with Gasteiger partial charge in [-0.15, -0.1) is 11.3 Å². The van der Waals surface area contributed by atoms with Gasteiger partial charge in [-0.05, 0) is 36.9 Å². The highest BCUT2D eigenvalue weighted by Gasteiger charge is 2.24. The van der Waals surface area contributed by atoms with Crippen LogP contribution in [-0.4, -0.2) is 45.6 Å². The third kappa shape index (κ3) is 3.38. The molecule has 3 aromatic heterocycles. The first-order valence-electron chi connectivity index (χ1n) is 8.52. The molecular formula is C18H19N5O2S. The second-order valence-corrected chi connectivity index (χ2v) is 7.03. The Morgan fingerprint density at radius 2 is 2.27 bits per heavy atom. The molecule has 0 aromatic carbocycles. The Morgan fingerprint density at radius 1 is 1.35 bits per heavy atom. The molecule has 7 nitrogen and oxygen atoms in total. The molecule has 1 aliphatic heterocycles. The minimum Gasteiger partial charge on any atom is -0.361 e. The van der Waals surface area contributed by atoms with Crippen molar-refractivity contribution in [3.63, 3.8) is 0 Å². The molecule has 0 saturated carbocycles. The molecule has 0 aliphatic carbocycles. The van der Waals surface area contributed by atoms with Crippen molar-refractivity contribution in [1.29, 1.82) is 0 Å². The number of amides is 1. The van der Waals surface area contributed by atoms with Gasteiger partial charge in [-0.1, -0.05) is 6.07 Å². The largest absolute Gasteiger partial charge is 0.361 e. The van der Waals surface area contributed by atoms with Crippen molar-refractivity contribution >= 4 is 33.4 Å². The number of aromatic nitrogens is 3. The molecule has 26 heavy (non-hydrogen) atoms. The zero-order chi connectivity index (χ0) is 17.9. The van der Waals surface area contributed by atoms with Gasteiger partial charge in [-0.3, -0.25) is 9.78 Å². The van der Waals surface area contributed by atoms with Gasteiger partial charge in [0, 0.05) is 12.7 Å². The highest BCUT2D eigenvalue weighted by molar-refractivity contribution is 7.17. The maximum Gasteiger partial charge on any atom is 0.275 e. The van der Waals surface area contributed by atoms with E-state index in [1.807, 2.05) is 36.6 Å². The van der Waals surface area contributed by atoms with Crippen LogP contribution in [0.5, 0.6) is 0 Å². The standard InChI is InChI=1S/C18H19N5O2S/c1-12(13-5-2-3-7-19-13)20-18-21-14-6-10-26-16(14)15(22-18)17(24)23-8-4-9-25-11-23/h2-3,5-7,10,12H,4,8-9,11H2,1H3,(H,20,21,22)/t12-/m0/s1. The summed E-state index contributed by atoms with van der Waals surface area (Å²) in [5, 5.41) is 5.18. The maximum absolute atomic E-state index is 12.9. The zero-order valence-corrected chi connectivity index (χ0v) is 15.2. The first-order chi connectivity index (χ1) is 12.7. The Kier molecular flexibility index (Phi) is 4.77. The number of fused-ring (bicyclic) bond motifs is 1. The fraction of sp³-hybridized carbons (Fsp3) is 0.333. The minimum absolute atomic E-state index is 0.0754. The normalized spacial score (nSPS) is 15.8. The van der Waals surface area contributed by atoms with Crippen LogP contribution in [0.15, 0.2) is 35.8 Å². The van der Waals surface area contributed by atoms with Gasteiger partial charge in [-0.2, -0.15) is 0 Å². The minimum atomic E-state index is -0.118. The van der Waals surface area contributed by atoms with Crippen LogP contribution in [0.1, 0.15) is 35.6 Å². The molecule has 8 heteroatoms. The SMILES string of the molecule is C[C@H](Nc1nc(C(=O)N2CCCOC2)c2sccc2n1)c1ccccn1. The molecule has 134 valence electrons. The summed E-state index contributed by atoms with van der Waals surface area (Å²) in [7, 11) is 0. The highest BCUT2D eigenvalue weighted by atomic mass is 32.1. The summed E-state index contributed by atoms with van der Waals surface area (Å²) >= 11 is 1.48. The molecule has 3 aromatic rings. The van der Waals surface area contributed by atoms with E-state index >= 15 is 0 Å². The number of anilines is 1. The van der Waals surface area contributed by atoms with Crippen molar-refractivity contribution in [2.24, 2.45) is 0 Å². The van der Waals surface area contributed by atoms with Gasteiger partial charge in [-0.25, -0.2) is 9.97 Å². The monoisotopic (exact) mass is 369 g/mol. The first-order valence-corrected chi connectivity index (χ1v) is 9.40. The van der Waals surface area contributed by atoms with Gasteiger partial charge in [0.2, 0.25) is 5.95 Å². The molecule has 1 amide bonds. The van der Waals surface area contributed by atoms with Crippen LogP contribution in [0, 0.1) is 0 Å². The summed E-state index contributed by atoms with van der Waals surface area (Å²) in [6.45, 7) is 3.67. The number of pyridine rings is 1. The molecule has 1 saturated heterocycles. The quantitative estimate of drug-likeness (QED) is 0.761. The third-order valence-corrected chi connectivity index (χ3v) is 5.14. The molecule has 4 rings (SSSR count). The van der Waals surface area contributed by atoms with Crippen molar-refractivity contribution in [1.82, 2.24) is 19.9 Å². The molecule has 0 spiro atoms. The molecule has 0 bridgehead atoms. The van der Waals surface area contributed by atoms with Crippen LogP contribution >= 0.6 is 11.3 Å². The molecule has 1 N–H and O–H groups in total. The van der Waals surface area contributed by atoms with Gasteiger partial charge in [0.15, 0.2) is 5.69 Å². The molecule has 1 fully saturated rings. The summed E-state index contributed by atoms with van der Waals surface area (Å²) in [5.74, 6) is 0.309. The van der Waals surface area contributed by atoms with Gasteiger partial charge in [0.1, 0.15) is 6.73 Å². The fourth-order valence-electron chi connectivity index (χ4n) is 2.88. The molecule has 0 radical (unpaired) electrons. The van der Waals surface area contributed by atoms with E-state index in [9.17, 15) is 4.79 Å². The Hall–Kier alpha value is -2.58. The summed E-state index contributed by atoms with van der Waals surface area (Å²) in [6, 6.07) is 7.59. The number of nitrogens with zero attached hydrogens (tertiary/aromatic N) is 4. The Morgan fingerprint density at radius 3 is 3.04 bits per heavy atom. The van der Waals surface area contributed by atoms with Gasteiger partial charge >= 0.3 is 0 Å². The van der Waals surface area contributed by atoms with Crippen molar-refractivity contribution in [3.8, 4) is 0 Å². The van der Waals surface area contributed by atoms with Crippen molar-refractivity contribution in [3.05, 3.63) is 47.2 Å². The average molecular weight is 369 g/mol. The number of nitrogens with one attached hydrogen (secondary N) is 1. The lowest BCUT2D eigenvalue weighted by Crippen LogP contribution is -2.38. The second kappa shape index (κ2) is 7.35. The number of thiophene rings is 1. The van der Waals surface area contributed by atoms with E-state index in [-0.39, 0.29) is 11.9 Å². The summed E-state index contributed by atoms with van der Waals surface area (Å²) < 4.78 is 6.21. The van der Waals surface area contributed by atoms with Crippen molar-refractivity contribution in [2.75, 3.05) is 25.2 Å². The third-order valence-electron chi connectivity index (χ3n) is 4.23. The number of ether oxygens (including phenoxy) is 1. The van der Waals surface area contributed by atoms with Crippen LogP contribution in [0.25, 0.3) is 10.2 Å². The molecular weight excluding hydrogens is 350 g/mol. The number of hydrogen-bond acceptors (Lipinski definition) is 7. The van der Waals surface area contributed by atoms with Gasteiger partial charge < -0.3 is 15.0 Å². The van der Waals surface area contributed by atoms with E-state index in [1.54, 1.807) is 11.1 Å². The Labute approximate surface area is 155 Å². The summed E-state index contributed by atoms with van der Waals surface area (Å²) in [4.78, 5) is 28.1. The van der Waals surface area contributed by atoms with Crippen molar-refractivity contribution in [2.45, 2.75) is 19.4 Å². The van der Waals surface area contributed by atoms with E-state index < -0.39 is 0 Å². The number of rotatable bonds is 4. The van der Waals surface area contributed by atoms with E-state index in [0.717, 1.165) is 22.3 Å². The first kappa shape index (κ1) is 16.9. The van der Waals surface area contributed by atoms with Crippen molar-refractivity contribution < 1.29 is 9.53 Å². The summed E-state index contributed by atoms with van der Waals surface area (Å²) in [5.41, 5.74) is 2.08. The van der Waals surface area contributed by atoms with E-state index in [2.05, 4.69) is 20.3 Å². The number of carbonyl (C=O) groups excluding carboxylic acids is 1. The predicted octanol–water partition coefficient (Wildman–Crippen LogP) is 3.08. The smallest absolute Gasteiger partial charge is 0.275 e. The highest BCUT2D eigenvalue weighted by Crippen LogP contribution is 2.26. The number of carbonyl (C=O) groups is 1. The Bertz CT molecular complexity index is 908. The maximum atomic E-state index is 12.9. The van der Waals surface area contributed by atoms with Crippen LogP contribution in [-0.2, 0) is 4.74 Å². The van der Waals surface area contributed by atoms with Crippen LogP contribution < -0.4 is 5.32 Å². The predicted molar refractivity (Wildman–Crippen MR) is 100 cm³/mol. The topological polar surface area (TPSA) is 80.2 Å². The number of hydrogen-bond donors (Lipinski definition) is 1. The van der Waals surface area contributed by atoms with Crippen LogP contribution in [0.2, 0.25) is 0 Å². The van der Waals surface area contributed by atoms with E-state index in [0.29, 0.717) is 31.5 Å². The van der Waals surface area contributed by atoms with Crippen LogP contribution in [0.4, 0.5) is 5.95 Å². The molecule has 1 aliphatic rings. The second-order valence-electron chi connectivity index (χ2n) is 6.11. The Balaban J connectivity index is 1.65. The lowest BCUT2D eigenvalue weighted by molar-refractivity contribution is -0.00590. The molecule has 4 heterocycles. The van der Waals surface area contributed by atoms with Gasteiger partial charge in [0.25, 0.3) is 5.91 Å². The zero-order valence-electron chi connectivity index (χ0n) is 14.4. The average Bonchev–Trinajstić information content (AvgIpc) is 3.16. The summed E-state index contributed by atoms with van der Waals surface area (Å²) in [6.07, 6.45) is 2.59. The lowest BCUT2D eigenvalue weighted by atomic mass is 10.2. The van der Waals surface area contributed by atoms with E-state index in [1.165, 1.54) is 11.3 Å². The van der Waals surface area contributed by atoms with Gasteiger partial charge in [0.05, 0.1) is 28.6 Å². The lowest BCUT2D eigenvalue weighted by Gasteiger charge is -2.26.